The van der Waals surface area contributed by atoms with E-state index < -0.39 is 0 Å². The van der Waals surface area contributed by atoms with Gasteiger partial charge >= 0.3 is 0 Å². The second-order valence-electron chi connectivity index (χ2n) is 5.37. The van der Waals surface area contributed by atoms with Crippen molar-refractivity contribution in [3.8, 4) is 0 Å². The first-order valence-corrected chi connectivity index (χ1v) is 7.72. The van der Waals surface area contributed by atoms with E-state index in [9.17, 15) is 4.39 Å². The number of benzene rings is 2. The second-order valence-corrected chi connectivity index (χ2v) is 5.78. The average Bonchev–Trinajstić information content (AvgIpc) is 2.46. The van der Waals surface area contributed by atoms with Gasteiger partial charge in [0.1, 0.15) is 5.82 Å². The van der Waals surface area contributed by atoms with E-state index in [4.69, 9.17) is 11.6 Å². The molecule has 0 radical (unpaired) electrons. The van der Waals surface area contributed by atoms with Gasteiger partial charge in [0.05, 0.1) is 5.02 Å². The first-order chi connectivity index (χ1) is 10.1. The maximum absolute atomic E-state index is 13.3. The number of hydrogen-bond acceptors (Lipinski definition) is 1. The maximum atomic E-state index is 13.3. The van der Waals surface area contributed by atoms with Crippen molar-refractivity contribution in [1.29, 1.82) is 0 Å². The molecule has 2 rings (SSSR count). The molecule has 0 bridgehead atoms. The molecule has 0 saturated heterocycles. The van der Waals surface area contributed by atoms with E-state index in [2.05, 4.69) is 43.4 Å². The van der Waals surface area contributed by atoms with Crippen LogP contribution < -0.4 is 5.32 Å². The van der Waals surface area contributed by atoms with Crippen LogP contribution in [0.25, 0.3) is 0 Å². The molecule has 0 heterocycles. The number of rotatable bonds is 6. The number of hydrogen-bond donors (Lipinski definition) is 1. The molecule has 1 N–H and O–H groups in total. The molecular formula is C18H21ClFN. The lowest BCUT2D eigenvalue weighted by Gasteiger charge is -2.20. The lowest BCUT2D eigenvalue weighted by molar-refractivity contribution is 0.527. The van der Waals surface area contributed by atoms with Gasteiger partial charge in [0, 0.05) is 6.04 Å². The summed E-state index contributed by atoms with van der Waals surface area (Å²) in [5, 5.41) is 3.70. The summed E-state index contributed by atoms with van der Waals surface area (Å²) >= 11 is 5.92. The molecule has 0 aliphatic rings. The van der Waals surface area contributed by atoms with Crippen LogP contribution in [0.2, 0.25) is 5.02 Å². The van der Waals surface area contributed by atoms with Crippen molar-refractivity contribution in [3.63, 3.8) is 0 Å². The Balaban J connectivity index is 2.22. The first kappa shape index (κ1) is 16.0. The van der Waals surface area contributed by atoms with Crippen LogP contribution in [0.4, 0.5) is 4.39 Å². The monoisotopic (exact) mass is 305 g/mol. The molecule has 0 amide bonds. The van der Waals surface area contributed by atoms with Crippen molar-refractivity contribution >= 4 is 11.6 Å². The van der Waals surface area contributed by atoms with Crippen molar-refractivity contribution in [3.05, 3.63) is 70.0 Å². The molecule has 112 valence electrons. The highest BCUT2D eigenvalue weighted by Crippen LogP contribution is 2.24. The minimum Gasteiger partial charge on any atom is -0.310 e. The summed E-state index contributed by atoms with van der Waals surface area (Å²) < 4.78 is 13.3. The topological polar surface area (TPSA) is 12.0 Å². The van der Waals surface area contributed by atoms with Gasteiger partial charge in [-0.05, 0) is 49.6 Å². The number of aryl methyl sites for hydroxylation is 1. The quantitative estimate of drug-likeness (QED) is 0.785. The van der Waals surface area contributed by atoms with Crippen LogP contribution in [0.1, 0.15) is 36.1 Å². The molecule has 2 aromatic rings. The zero-order chi connectivity index (χ0) is 15.2. The van der Waals surface area contributed by atoms with Gasteiger partial charge in [0.15, 0.2) is 0 Å². The van der Waals surface area contributed by atoms with Gasteiger partial charge in [-0.1, -0.05) is 54.4 Å². The summed E-state index contributed by atoms with van der Waals surface area (Å²) in [5.41, 5.74) is 3.54. The molecule has 0 aliphatic heterocycles. The Morgan fingerprint density at radius 1 is 1.19 bits per heavy atom. The predicted octanol–water partition coefficient (Wildman–Crippen LogP) is 5.07. The molecule has 0 aliphatic carbocycles. The van der Waals surface area contributed by atoms with E-state index in [1.165, 1.54) is 17.2 Å². The molecule has 0 fully saturated rings. The van der Waals surface area contributed by atoms with Crippen molar-refractivity contribution < 1.29 is 4.39 Å². The van der Waals surface area contributed by atoms with Crippen LogP contribution in [-0.2, 0) is 6.42 Å². The Labute approximate surface area is 131 Å². The maximum Gasteiger partial charge on any atom is 0.141 e. The Morgan fingerprint density at radius 2 is 2.00 bits per heavy atom. The van der Waals surface area contributed by atoms with Crippen LogP contribution >= 0.6 is 11.6 Å². The van der Waals surface area contributed by atoms with Gasteiger partial charge in [0.2, 0.25) is 0 Å². The first-order valence-electron chi connectivity index (χ1n) is 7.34. The van der Waals surface area contributed by atoms with Gasteiger partial charge in [-0.15, -0.1) is 0 Å². The molecule has 2 aromatic carbocycles. The van der Waals surface area contributed by atoms with Crippen molar-refractivity contribution in [2.45, 2.75) is 32.7 Å². The van der Waals surface area contributed by atoms with Crippen LogP contribution in [0.15, 0.2) is 42.5 Å². The predicted molar refractivity (Wildman–Crippen MR) is 87.3 cm³/mol. The van der Waals surface area contributed by atoms with E-state index in [1.807, 2.05) is 6.07 Å². The molecule has 3 heteroatoms. The Morgan fingerprint density at radius 3 is 2.67 bits per heavy atom. The molecule has 1 atom stereocenters. The highest BCUT2D eigenvalue weighted by molar-refractivity contribution is 6.30. The van der Waals surface area contributed by atoms with E-state index in [0.717, 1.165) is 24.9 Å². The van der Waals surface area contributed by atoms with Gasteiger partial charge in [-0.25, -0.2) is 4.39 Å². The summed E-state index contributed by atoms with van der Waals surface area (Å²) in [6, 6.07) is 13.6. The lowest BCUT2D eigenvalue weighted by atomic mass is 9.97. The molecular weight excluding hydrogens is 285 g/mol. The fourth-order valence-corrected chi connectivity index (χ4v) is 2.62. The molecule has 1 nitrogen and oxygen atoms in total. The summed E-state index contributed by atoms with van der Waals surface area (Å²) in [5.74, 6) is -0.370. The Bertz CT molecular complexity index is 598. The second kappa shape index (κ2) is 7.58. The smallest absolute Gasteiger partial charge is 0.141 e. The third kappa shape index (κ3) is 4.55. The van der Waals surface area contributed by atoms with Crippen LogP contribution in [0, 0.1) is 12.7 Å². The minimum atomic E-state index is -0.370. The fraction of sp³-hybridized carbons (Fsp3) is 0.333. The van der Waals surface area contributed by atoms with Crippen molar-refractivity contribution in [2.75, 3.05) is 6.54 Å². The minimum absolute atomic E-state index is 0.143. The molecule has 1 unspecified atom stereocenters. The standard InChI is InChI=1S/C18H21ClFN/c1-3-9-21-18(11-14-6-4-5-13(2)10-14)15-7-8-17(20)16(19)12-15/h4-8,10,12,18,21H,3,9,11H2,1-2H3. The van der Waals surface area contributed by atoms with Crippen molar-refractivity contribution in [2.24, 2.45) is 0 Å². The van der Waals surface area contributed by atoms with Crippen molar-refractivity contribution in [1.82, 2.24) is 5.32 Å². The lowest BCUT2D eigenvalue weighted by Crippen LogP contribution is -2.24. The van der Waals surface area contributed by atoms with Gasteiger partial charge in [-0.3, -0.25) is 0 Å². The van der Waals surface area contributed by atoms with E-state index in [-0.39, 0.29) is 16.9 Å². The zero-order valence-corrected chi connectivity index (χ0v) is 13.3. The van der Waals surface area contributed by atoms with Gasteiger partial charge < -0.3 is 5.32 Å². The average molecular weight is 306 g/mol. The highest BCUT2D eigenvalue weighted by Gasteiger charge is 2.13. The molecule has 0 spiro atoms. The Kier molecular flexibility index (Phi) is 5.77. The van der Waals surface area contributed by atoms with E-state index in [1.54, 1.807) is 6.07 Å². The van der Waals surface area contributed by atoms with Crippen LogP contribution in [-0.4, -0.2) is 6.54 Å². The zero-order valence-electron chi connectivity index (χ0n) is 12.5. The Hall–Kier alpha value is -1.38. The van der Waals surface area contributed by atoms with Crippen LogP contribution in [0.3, 0.4) is 0 Å². The summed E-state index contributed by atoms with van der Waals surface area (Å²) in [4.78, 5) is 0. The number of halogens is 2. The summed E-state index contributed by atoms with van der Waals surface area (Å²) in [7, 11) is 0. The fourth-order valence-electron chi connectivity index (χ4n) is 2.43. The van der Waals surface area contributed by atoms with E-state index in [0.29, 0.717) is 0 Å². The normalized spacial score (nSPS) is 12.4. The summed E-state index contributed by atoms with van der Waals surface area (Å²) in [6.07, 6.45) is 1.92. The summed E-state index contributed by atoms with van der Waals surface area (Å²) in [6.45, 7) is 5.15. The van der Waals surface area contributed by atoms with E-state index >= 15 is 0 Å². The van der Waals surface area contributed by atoms with Gasteiger partial charge in [-0.2, -0.15) is 0 Å². The third-order valence-corrected chi connectivity index (χ3v) is 3.80. The SMILES string of the molecule is CCCNC(Cc1cccc(C)c1)c1ccc(F)c(Cl)c1. The molecule has 21 heavy (non-hydrogen) atoms. The largest absolute Gasteiger partial charge is 0.310 e. The van der Waals surface area contributed by atoms with Gasteiger partial charge in [0.25, 0.3) is 0 Å². The number of nitrogens with one attached hydrogen (secondary N) is 1. The molecule has 0 aromatic heterocycles. The highest BCUT2D eigenvalue weighted by atomic mass is 35.5. The van der Waals surface area contributed by atoms with Crippen LogP contribution in [0.5, 0.6) is 0 Å². The molecule has 0 saturated carbocycles. The third-order valence-electron chi connectivity index (χ3n) is 3.51.